The van der Waals surface area contributed by atoms with Crippen LogP contribution >= 0.6 is 0 Å². The van der Waals surface area contributed by atoms with Crippen molar-refractivity contribution in [1.82, 2.24) is 10.3 Å². The van der Waals surface area contributed by atoms with Crippen LogP contribution in [0.15, 0.2) is 43.1 Å². The molecule has 0 bridgehead atoms. The summed E-state index contributed by atoms with van der Waals surface area (Å²) in [4.78, 5) is 4.51. The molecular formula is C23H34N2O. The van der Waals surface area contributed by atoms with Crippen LogP contribution in [-0.4, -0.2) is 25.2 Å². The summed E-state index contributed by atoms with van der Waals surface area (Å²) in [6.45, 7) is 12.6. The molecule has 1 N–H and O–H groups in total. The maximum Gasteiger partial charge on any atom is 0.119 e. The molecule has 1 aromatic carbocycles. The third kappa shape index (κ3) is 4.64. The Labute approximate surface area is 158 Å². The van der Waals surface area contributed by atoms with Crippen LogP contribution in [-0.2, 0) is 6.42 Å². The first-order valence-corrected chi connectivity index (χ1v) is 10.0. The molecule has 3 nitrogen and oxygen atoms in total. The molecule has 3 heteroatoms. The molecule has 1 aliphatic rings. The highest BCUT2D eigenvalue weighted by Crippen LogP contribution is 2.34. The van der Waals surface area contributed by atoms with E-state index in [0.717, 1.165) is 30.8 Å². The highest BCUT2D eigenvalue weighted by molar-refractivity contribution is 5.83. The molecule has 0 aliphatic carbocycles. The van der Waals surface area contributed by atoms with E-state index in [1.165, 1.54) is 23.8 Å². The molecule has 2 aromatic rings. The van der Waals surface area contributed by atoms with Gasteiger partial charge in [0.25, 0.3) is 0 Å². The summed E-state index contributed by atoms with van der Waals surface area (Å²) >= 11 is 0. The first-order chi connectivity index (χ1) is 12.8. The van der Waals surface area contributed by atoms with Gasteiger partial charge in [-0.25, -0.2) is 0 Å². The largest absolute Gasteiger partial charge is 0.497 e. The normalized spacial score (nSPS) is 20.8. The SMILES string of the molecule is C=CC1CNCCC1C(CC)Cc1ccnc2ccc(OC)cc12.CC. The van der Waals surface area contributed by atoms with Crippen LogP contribution < -0.4 is 10.1 Å². The van der Waals surface area contributed by atoms with E-state index in [0.29, 0.717) is 17.8 Å². The maximum absolute atomic E-state index is 5.41. The van der Waals surface area contributed by atoms with Crippen molar-refractivity contribution in [2.24, 2.45) is 17.8 Å². The van der Waals surface area contributed by atoms with E-state index in [-0.39, 0.29) is 0 Å². The van der Waals surface area contributed by atoms with Crippen LogP contribution in [0.1, 0.15) is 39.2 Å². The van der Waals surface area contributed by atoms with Gasteiger partial charge in [0.1, 0.15) is 5.75 Å². The van der Waals surface area contributed by atoms with E-state index in [2.05, 4.69) is 48.1 Å². The monoisotopic (exact) mass is 354 g/mol. The highest BCUT2D eigenvalue weighted by atomic mass is 16.5. The fourth-order valence-corrected chi connectivity index (χ4v) is 4.11. The number of aromatic nitrogens is 1. The Morgan fingerprint density at radius 1 is 1.35 bits per heavy atom. The number of hydrogen-bond acceptors (Lipinski definition) is 3. The van der Waals surface area contributed by atoms with Crippen LogP contribution in [0.25, 0.3) is 10.9 Å². The van der Waals surface area contributed by atoms with Gasteiger partial charge in [-0.2, -0.15) is 0 Å². The van der Waals surface area contributed by atoms with Crippen LogP contribution in [0.4, 0.5) is 0 Å². The second-order valence-corrected chi connectivity index (χ2v) is 6.78. The van der Waals surface area contributed by atoms with Gasteiger partial charge >= 0.3 is 0 Å². The fraction of sp³-hybridized carbons (Fsp3) is 0.522. The molecule has 3 unspecified atom stereocenters. The van der Waals surface area contributed by atoms with Crippen molar-refractivity contribution < 1.29 is 4.74 Å². The molecule has 3 rings (SSSR count). The average molecular weight is 355 g/mol. The van der Waals surface area contributed by atoms with Crippen LogP contribution in [0.2, 0.25) is 0 Å². The summed E-state index contributed by atoms with van der Waals surface area (Å²) in [5.74, 6) is 2.86. The van der Waals surface area contributed by atoms with Crippen LogP contribution in [0.5, 0.6) is 5.75 Å². The van der Waals surface area contributed by atoms with Crippen molar-refractivity contribution in [3.63, 3.8) is 0 Å². The second kappa shape index (κ2) is 10.3. The van der Waals surface area contributed by atoms with Crippen molar-refractivity contribution in [3.05, 3.63) is 48.7 Å². The molecule has 1 saturated heterocycles. The molecular weight excluding hydrogens is 320 g/mol. The zero-order chi connectivity index (χ0) is 18.9. The van der Waals surface area contributed by atoms with Gasteiger partial charge in [0.2, 0.25) is 0 Å². The Kier molecular flexibility index (Phi) is 8.11. The number of pyridine rings is 1. The van der Waals surface area contributed by atoms with E-state index in [4.69, 9.17) is 4.74 Å². The molecule has 0 radical (unpaired) electrons. The Balaban J connectivity index is 0.00000117. The second-order valence-electron chi connectivity index (χ2n) is 6.78. The average Bonchev–Trinajstić information content (AvgIpc) is 2.73. The first-order valence-electron chi connectivity index (χ1n) is 10.0. The van der Waals surface area contributed by atoms with Crippen molar-refractivity contribution in [3.8, 4) is 5.75 Å². The standard InChI is InChI=1S/C21H28N2O.C2H6/c1-4-15(19-9-10-22-14-16(19)5-2)12-17-8-11-23-21-7-6-18(24-3)13-20(17)21;1-2/h5-8,11,13,15-16,19,22H,2,4,9-10,12,14H2,1,3H3;1-2H3. The molecule has 0 spiro atoms. The predicted octanol–water partition coefficient (Wildman–Crippen LogP) is 5.25. The van der Waals surface area contributed by atoms with Gasteiger partial charge in [-0.3, -0.25) is 4.98 Å². The van der Waals surface area contributed by atoms with Gasteiger partial charge in [0.15, 0.2) is 0 Å². The number of nitrogens with zero attached hydrogens (tertiary/aromatic N) is 1. The predicted molar refractivity (Wildman–Crippen MR) is 112 cm³/mol. The lowest BCUT2D eigenvalue weighted by Gasteiger charge is -2.36. The Hall–Kier alpha value is -1.87. The molecule has 142 valence electrons. The molecule has 1 aromatic heterocycles. The topological polar surface area (TPSA) is 34.2 Å². The number of nitrogens with one attached hydrogen (secondary N) is 1. The minimum atomic E-state index is 0.575. The van der Waals surface area contributed by atoms with Crippen molar-refractivity contribution in [1.29, 1.82) is 0 Å². The molecule has 26 heavy (non-hydrogen) atoms. The van der Waals surface area contributed by atoms with Gasteiger partial charge in [0, 0.05) is 18.1 Å². The van der Waals surface area contributed by atoms with E-state index in [9.17, 15) is 0 Å². The minimum absolute atomic E-state index is 0.575. The van der Waals surface area contributed by atoms with Crippen molar-refractivity contribution >= 4 is 10.9 Å². The third-order valence-corrected chi connectivity index (χ3v) is 5.54. The lowest BCUT2D eigenvalue weighted by Crippen LogP contribution is -2.39. The highest BCUT2D eigenvalue weighted by Gasteiger charge is 2.29. The minimum Gasteiger partial charge on any atom is -0.497 e. The number of benzene rings is 1. The molecule has 1 aliphatic heterocycles. The van der Waals surface area contributed by atoms with Gasteiger partial charge in [-0.15, -0.1) is 6.58 Å². The third-order valence-electron chi connectivity index (χ3n) is 5.54. The Morgan fingerprint density at radius 3 is 2.85 bits per heavy atom. The fourth-order valence-electron chi connectivity index (χ4n) is 4.11. The quantitative estimate of drug-likeness (QED) is 0.719. The summed E-state index contributed by atoms with van der Waals surface area (Å²) in [5, 5.41) is 4.73. The molecule has 2 heterocycles. The number of methoxy groups -OCH3 is 1. The lowest BCUT2D eigenvalue weighted by atomic mass is 9.73. The first kappa shape index (κ1) is 20.4. The number of piperidine rings is 1. The number of hydrogen-bond donors (Lipinski definition) is 1. The van der Waals surface area contributed by atoms with Gasteiger partial charge in [-0.05, 0) is 67.0 Å². The van der Waals surface area contributed by atoms with Crippen LogP contribution in [0.3, 0.4) is 0 Å². The lowest BCUT2D eigenvalue weighted by molar-refractivity contribution is 0.201. The van der Waals surface area contributed by atoms with Gasteiger partial charge < -0.3 is 10.1 Å². The summed E-state index contributed by atoms with van der Waals surface area (Å²) < 4.78 is 5.41. The zero-order valence-corrected chi connectivity index (χ0v) is 16.8. The molecule has 0 saturated carbocycles. The summed E-state index contributed by atoms with van der Waals surface area (Å²) in [7, 11) is 1.72. The molecule has 1 fully saturated rings. The maximum atomic E-state index is 5.41. The summed E-state index contributed by atoms with van der Waals surface area (Å²) in [5.41, 5.74) is 2.43. The van der Waals surface area contributed by atoms with Crippen molar-refractivity contribution in [2.45, 2.75) is 40.0 Å². The zero-order valence-electron chi connectivity index (χ0n) is 16.8. The van der Waals surface area contributed by atoms with E-state index in [1.54, 1.807) is 7.11 Å². The Morgan fingerprint density at radius 2 is 2.15 bits per heavy atom. The summed E-state index contributed by atoms with van der Waals surface area (Å²) in [6.07, 6.45) is 7.61. The van der Waals surface area contributed by atoms with E-state index >= 15 is 0 Å². The smallest absolute Gasteiger partial charge is 0.119 e. The van der Waals surface area contributed by atoms with E-state index in [1.807, 2.05) is 26.1 Å². The van der Waals surface area contributed by atoms with Crippen LogP contribution in [0, 0.1) is 17.8 Å². The van der Waals surface area contributed by atoms with Gasteiger partial charge in [0.05, 0.1) is 12.6 Å². The Bertz CT molecular complexity index is 698. The van der Waals surface area contributed by atoms with Crippen molar-refractivity contribution in [2.75, 3.05) is 20.2 Å². The van der Waals surface area contributed by atoms with E-state index < -0.39 is 0 Å². The molecule has 3 atom stereocenters. The molecule has 0 amide bonds. The summed E-state index contributed by atoms with van der Waals surface area (Å²) in [6, 6.07) is 8.33. The van der Waals surface area contributed by atoms with Gasteiger partial charge in [-0.1, -0.05) is 33.3 Å². The number of rotatable bonds is 6. The number of fused-ring (bicyclic) bond motifs is 1. The number of ether oxygens (including phenoxy) is 1.